The summed E-state index contributed by atoms with van der Waals surface area (Å²) in [6.45, 7) is 5.16. The fourth-order valence-electron chi connectivity index (χ4n) is 4.06. The van der Waals surface area contributed by atoms with Crippen molar-refractivity contribution in [1.82, 2.24) is 30.1 Å². The molecule has 0 saturated carbocycles. The number of aromatic amines is 1. The van der Waals surface area contributed by atoms with Gasteiger partial charge in [-0.2, -0.15) is 4.68 Å². The van der Waals surface area contributed by atoms with E-state index < -0.39 is 5.97 Å². The number of para-hydroxylation sites is 1. The number of amides is 1. The predicted octanol–water partition coefficient (Wildman–Crippen LogP) is 1.18. The van der Waals surface area contributed by atoms with Gasteiger partial charge in [0.1, 0.15) is 0 Å². The number of carbonyl (C=O) groups excluding carboxylic acids is 3. The molecule has 1 N–H and O–H groups in total. The van der Waals surface area contributed by atoms with Crippen LogP contribution in [0, 0.1) is 6.92 Å². The zero-order valence-electron chi connectivity index (χ0n) is 18.7. The van der Waals surface area contributed by atoms with E-state index in [9.17, 15) is 14.4 Å². The predicted molar refractivity (Wildman–Crippen MR) is 119 cm³/mol. The normalized spacial score (nSPS) is 13.8. The summed E-state index contributed by atoms with van der Waals surface area (Å²) in [5.74, 6) is -0.302. The number of aromatic nitrogens is 5. The zero-order chi connectivity index (χ0) is 23.5. The summed E-state index contributed by atoms with van der Waals surface area (Å²) in [5.41, 5.74) is 2.31. The van der Waals surface area contributed by atoms with Gasteiger partial charge in [0.05, 0.1) is 30.5 Å². The Morgan fingerprint density at radius 1 is 1.09 bits per heavy atom. The van der Waals surface area contributed by atoms with Crippen LogP contribution in [0.25, 0.3) is 5.69 Å². The number of hydrogen-bond acceptors (Lipinski definition) is 8. The van der Waals surface area contributed by atoms with E-state index in [2.05, 4.69) is 20.5 Å². The van der Waals surface area contributed by atoms with Crippen molar-refractivity contribution >= 4 is 23.6 Å². The van der Waals surface area contributed by atoms with Crippen LogP contribution in [0.15, 0.2) is 30.3 Å². The number of carbonyl (C=O) groups is 3. The Kier molecular flexibility index (Phi) is 6.20. The lowest BCUT2D eigenvalue weighted by atomic mass is 10.1. The number of anilines is 1. The molecule has 11 heteroatoms. The molecule has 1 aromatic carbocycles. The molecule has 0 aliphatic carbocycles. The third-order valence-corrected chi connectivity index (χ3v) is 5.77. The number of tetrazole rings is 1. The number of hydrogen-bond donors (Lipinski definition) is 1. The maximum atomic E-state index is 13.0. The number of methoxy groups -OCH3 is 1. The van der Waals surface area contributed by atoms with Crippen molar-refractivity contribution in [3.8, 4) is 5.69 Å². The number of benzene rings is 1. The number of Topliss-reactive ketones (excluding diaryl/α,β-unsaturated/α-hetero) is 1. The number of H-pyrrole nitrogens is 1. The molecule has 3 aromatic rings. The van der Waals surface area contributed by atoms with Crippen molar-refractivity contribution in [2.24, 2.45) is 0 Å². The van der Waals surface area contributed by atoms with E-state index in [1.165, 1.54) is 14.0 Å². The van der Waals surface area contributed by atoms with E-state index in [-0.39, 0.29) is 23.7 Å². The summed E-state index contributed by atoms with van der Waals surface area (Å²) in [6.07, 6.45) is -0.0275. The molecular weight excluding hydrogens is 426 g/mol. The molecule has 0 spiro atoms. The highest BCUT2D eigenvalue weighted by Gasteiger charge is 2.28. The molecule has 4 rings (SSSR count). The number of ether oxygens (including phenoxy) is 1. The summed E-state index contributed by atoms with van der Waals surface area (Å²) in [7, 11) is 1.27. The number of nitrogens with one attached hydrogen (secondary N) is 1. The van der Waals surface area contributed by atoms with Crippen LogP contribution >= 0.6 is 0 Å². The van der Waals surface area contributed by atoms with E-state index in [0.29, 0.717) is 49.1 Å². The first-order valence-corrected chi connectivity index (χ1v) is 10.6. The molecule has 1 aliphatic heterocycles. The average molecular weight is 451 g/mol. The van der Waals surface area contributed by atoms with Gasteiger partial charge in [-0.3, -0.25) is 9.59 Å². The summed E-state index contributed by atoms with van der Waals surface area (Å²) in [6, 6.07) is 9.60. The molecule has 1 amide bonds. The van der Waals surface area contributed by atoms with Crippen molar-refractivity contribution in [3.63, 3.8) is 0 Å². The van der Waals surface area contributed by atoms with Gasteiger partial charge >= 0.3 is 5.97 Å². The smallest absolute Gasteiger partial charge is 0.339 e. The molecule has 0 unspecified atom stereocenters. The highest BCUT2D eigenvalue weighted by molar-refractivity contribution is 6.01. The summed E-state index contributed by atoms with van der Waals surface area (Å²) in [5, 5.41) is 12.1. The van der Waals surface area contributed by atoms with E-state index in [1.54, 1.807) is 16.5 Å². The Morgan fingerprint density at radius 2 is 1.79 bits per heavy atom. The third-order valence-electron chi connectivity index (χ3n) is 5.77. The molecule has 0 radical (unpaired) electrons. The van der Waals surface area contributed by atoms with Crippen molar-refractivity contribution in [3.05, 3.63) is 52.8 Å². The van der Waals surface area contributed by atoms with Gasteiger partial charge in [-0.15, -0.1) is 0 Å². The van der Waals surface area contributed by atoms with Crippen LogP contribution in [0.4, 0.5) is 5.95 Å². The van der Waals surface area contributed by atoms with Crippen LogP contribution in [-0.4, -0.2) is 81.0 Å². The fraction of sp³-hybridized carbons (Fsp3) is 0.364. The minimum atomic E-state index is -0.573. The van der Waals surface area contributed by atoms with Crippen LogP contribution in [-0.2, 0) is 16.0 Å². The van der Waals surface area contributed by atoms with Crippen LogP contribution < -0.4 is 4.90 Å². The Hall–Kier alpha value is -4.02. The van der Waals surface area contributed by atoms with Crippen LogP contribution in [0.3, 0.4) is 0 Å². The quantitative estimate of drug-likeness (QED) is 0.437. The minimum absolute atomic E-state index is 0.0275. The molecule has 172 valence electrons. The lowest BCUT2D eigenvalue weighted by Crippen LogP contribution is -2.50. The molecule has 1 fully saturated rings. The second-order valence-electron chi connectivity index (χ2n) is 7.80. The Labute approximate surface area is 190 Å². The molecule has 0 atom stereocenters. The summed E-state index contributed by atoms with van der Waals surface area (Å²) in [4.78, 5) is 43.9. The molecule has 2 aromatic heterocycles. The third kappa shape index (κ3) is 4.34. The molecule has 1 saturated heterocycles. The van der Waals surface area contributed by atoms with Crippen LogP contribution in [0.2, 0.25) is 0 Å². The molecule has 3 heterocycles. The van der Waals surface area contributed by atoms with Crippen molar-refractivity contribution in [2.75, 3.05) is 38.2 Å². The summed E-state index contributed by atoms with van der Waals surface area (Å²) >= 11 is 0. The van der Waals surface area contributed by atoms with Gasteiger partial charge in [-0.25, -0.2) is 4.79 Å². The monoisotopic (exact) mass is 451 g/mol. The molecule has 1 aliphatic rings. The van der Waals surface area contributed by atoms with Gasteiger partial charge in [-0.05, 0) is 35.0 Å². The Balaban J connectivity index is 1.45. The van der Waals surface area contributed by atoms with Crippen molar-refractivity contribution in [2.45, 2.75) is 20.3 Å². The van der Waals surface area contributed by atoms with Crippen LogP contribution in [0.1, 0.15) is 39.0 Å². The number of piperazine rings is 1. The van der Waals surface area contributed by atoms with Crippen LogP contribution in [0.5, 0.6) is 0 Å². The minimum Gasteiger partial charge on any atom is -0.465 e. The average Bonchev–Trinajstić information content (AvgIpc) is 3.44. The maximum Gasteiger partial charge on any atom is 0.339 e. The zero-order valence-corrected chi connectivity index (χ0v) is 18.7. The first-order valence-electron chi connectivity index (χ1n) is 10.6. The van der Waals surface area contributed by atoms with E-state index in [4.69, 9.17) is 4.74 Å². The molecular formula is C22H25N7O4. The van der Waals surface area contributed by atoms with Gasteiger partial charge in [0.2, 0.25) is 11.9 Å². The number of esters is 1. The number of rotatable bonds is 6. The molecule has 0 bridgehead atoms. The molecule has 11 nitrogen and oxygen atoms in total. The van der Waals surface area contributed by atoms with Crippen molar-refractivity contribution in [1.29, 1.82) is 0 Å². The van der Waals surface area contributed by atoms with Gasteiger partial charge in [0.15, 0.2) is 5.78 Å². The maximum absolute atomic E-state index is 13.0. The lowest BCUT2D eigenvalue weighted by Gasteiger charge is -2.34. The highest BCUT2D eigenvalue weighted by atomic mass is 16.5. The van der Waals surface area contributed by atoms with Crippen molar-refractivity contribution < 1.29 is 19.1 Å². The SMILES string of the molecule is COC(=O)c1c(CC(=O)N2CCN(c3nnnn3-c3ccccc3)CC2)[nH]c(C(C)=O)c1C. The first-order chi connectivity index (χ1) is 15.9. The Morgan fingerprint density at radius 3 is 2.42 bits per heavy atom. The fourth-order valence-corrected chi connectivity index (χ4v) is 4.06. The second-order valence-corrected chi connectivity index (χ2v) is 7.80. The standard InChI is InChI=1S/C22H25N7O4/c1-14-19(21(32)33-3)17(23-20(14)15(2)30)13-18(31)27-9-11-28(12-10-27)22-24-25-26-29(22)16-7-5-4-6-8-16/h4-8,23H,9-13H2,1-3H3. The first kappa shape index (κ1) is 22.2. The van der Waals surface area contributed by atoms with E-state index in [1.807, 2.05) is 35.2 Å². The Bertz CT molecular complexity index is 1180. The largest absolute Gasteiger partial charge is 0.465 e. The lowest BCUT2D eigenvalue weighted by molar-refractivity contribution is -0.130. The van der Waals surface area contributed by atoms with E-state index >= 15 is 0 Å². The topological polar surface area (TPSA) is 126 Å². The number of ketones is 1. The number of nitrogens with zero attached hydrogens (tertiary/aromatic N) is 6. The summed E-state index contributed by atoms with van der Waals surface area (Å²) < 4.78 is 6.53. The van der Waals surface area contributed by atoms with E-state index in [0.717, 1.165) is 5.69 Å². The van der Waals surface area contributed by atoms with Gasteiger partial charge < -0.3 is 19.5 Å². The second kappa shape index (κ2) is 9.23. The van der Waals surface area contributed by atoms with Gasteiger partial charge in [0, 0.05) is 38.8 Å². The van der Waals surface area contributed by atoms with Gasteiger partial charge in [-0.1, -0.05) is 23.3 Å². The van der Waals surface area contributed by atoms with Gasteiger partial charge in [0.25, 0.3) is 0 Å². The highest BCUT2D eigenvalue weighted by Crippen LogP contribution is 2.22. The molecule has 33 heavy (non-hydrogen) atoms.